The highest BCUT2D eigenvalue weighted by molar-refractivity contribution is 7.80. The van der Waals surface area contributed by atoms with Gasteiger partial charge in [0.1, 0.15) is 10.6 Å². The fourth-order valence-corrected chi connectivity index (χ4v) is 3.71. The van der Waals surface area contributed by atoms with E-state index in [0.29, 0.717) is 0 Å². The number of imidazole rings is 1. The fourth-order valence-electron chi connectivity index (χ4n) is 3.48. The molecule has 4 rings (SSSR count). The van der Waals surface area contributed by atoms with Crippen LogP contribution in [0.15, 0.2) is 53.4 Å². The lowest BCUT2D eigenvalue weighted by Crippen LogP contribution is -2.47. The standard InChI is InChI=1S/C17H18N3S/c1-16(2,3)12-8-6-10-17-9-5-4-7-13(17)19-14(21)11-18-15(19)20(12)17/h5-11H,4H2,1-3H3. The van der Waals surface area contributed by atoms with Crippen LogP contribution >= 0.6 is 12.6 Å². The monoisotopic (exact) mass is 296 g/mol. The molecule has 0 bridgehead atoms. The topological polar surface area (TPSA) is 21.1 Å². The molecule has 3 nitrogen and oxygen atoms in total. The average Bonchev–Trinajstić information content (AvgIpc) is 2.93. The van der Waals surface area contributed by atoms with Crippen molar-refractivity contribution in [3.8, 4) is 0 Å². The maximum absolute atomic E-state index is 5.50. The Balaban J connectivity index is 2.02. The number of aromatic nitrogens is 2. The molecular formula is C17H18N3S. The zero-order valence-corrected chi connectivity index (χ0v) is 13.3. The van der Waals surface area contributed by atoms with Gasteiger partial charge in [0.25, 0.3) is 0 Å². The largest absolute Gasteiger partial charge is 0.296 e. The van der Waals surface area contributed by atoms with Crippen LogP contribution in [0.3, 0.4) is 0 Å². The normalized spacial score (nSPS) is 26.1. The van der Waals surface area contributed by atoms with E-state index in [1.54, 1.807) is 6.20 Å². The lowest BCUT2D eigenvalue weighted by atomic mass is 9.81. The molecule has 0 saturated heterocycles. The van der Waals surface area contributed by atoms with Crippen molar-refractivity contribution >= 4 is 24.3 Å². The van der Waals surface area contributed by atoms with Crippen LogP contribution in [0.25, 0.3) is 5.70 Å². The summed E-state index contributed by atoms with van der Waals surface area (Å²) in [7, 11) is 0. The predicted octanol–water partition coefficient (Wildman–Crippen LogP) is 4.30. The van der Waals surface area contributed by atoms with Crippen LogP contribution < -0.4 is 4.90 Å². The van der Waals surface area contributed by atoms with Gasteiger partial charge in [-0.25, -0.2) is 4.98 Å². The minimum Gasteiger partial charge on any atom is -0.296 e. The second kappa shape index (κ2) is 3.89. The smallest absolute Gasteiger partial charge is 0.216 e. The molecule has 1 unspecified atom stereocenters. The van der Waals surface area contributed by atoms with Crippen molar-refractivity contribution in [3.05, 3.63) is 48.4 Å². The van der Waals surface area contributed by atoms with E-state index in [0.717, 1.165) is 17.4 Å². The molecule has 1 radical (unpaired) electrons. The summed E-state index contributed by atoms with van der Waals surface area (Å²) in [5, 5.41) is 0.780. The van der Waals surface area contributed by atoms with E-state index in [1.807, 2.05) is 0 Å². The van der Waals surface area contributed by atoms with Gasteiger partial charge in [-0.15, -0.1) is 0 Å². The molecule has 0 aromatic carbocycles. The van der Waals surface area contributed by atoms with Crippen LogP contribution in [0.4, 0.5) is 5.95 Å². The summed E-state index contributed by atoms with van der Waals surface area (Å²) in [4.78, 5) is 6.94. The summed E-state index contributed by atoms with van der Waals surface area (Å²) in [6, 6.07) is 0. The summed E-state index contributed by atoms with van der Waals surface area (Å²) in [5.41, 5.74) is 2.26. The minimum absolute atomic E-state index is 0.0386. The van der Waals surface area contributed by atoms with Gasteiger partial charge in [0.2, 0.25) is 5.95 Å². The summed E-state index contributed by atoms with van der Waals surface area (Å²) < 4.78 is 2.12. The molecule has 1 aromatic rings. The third kappa shape index (κ3) is 1.51. The summed E-state index contributed by atoms with van der Waals surface area (Å²) in [6.45, 7) is 6.71. The zero-order valence-electron chi connectivity index (χ0n) is 12.5. The highest BCUT2D eigenvalue weighted by atomic mass is 32.1. The highest BCUT2D eigenvalue weighted by Crippen LogP contribution is 2.52. The van der Waals surface area contributed by atoms with E-state index in [2.05, 4.69) is 71.7 Å². The maximum Gasteiger partial charge on any atom is 0.216 e. The van der Waals surface area contributed by atoms with E-state index in [1.165, 1.54) is 11.4 Å². The van der Waals surface area contributed by atoms with Gasteiger partial charge < -0.3 is 0 Å². The third-order valence-electron chi connectivity index (χ3n) is 4.37. The number of anilines is 1. The summed E-state index contributed by atoms with van der Waals surface area (Å²) in [6.07, 6.45) is 16.1. The predicted molar refractivity (Wildman–Crippen MR) is 88.0 cm³/mol. The Labute approximate surface area is 130 Å². The second-order valence-corrected chi connectivity index (χ2v) is 7.20. The number of hydrogen-bond donors (Lipinski definition) is 0. The molecule has 3 aliphatic rings. The first-order valence-corrected chi connectivity index (χ1v) is 7.70. The summed E-state index contributed by atoms with van der Waals surface area (Å²) >= 11 is 5.50. The van der Waals surface area contributed by atoms with E-state index >= 15 is 0 Å². The molecule has 21 heavy (non-hydrogen) atoms. The quantitative estimate of drug-likeness (QED) is 0.666. The Hall–Kier alpha value is -1.81. The van der Waals surface area contributed by atoms with Crippen LogP contribution in [-0.4, -0.2) is 15.1 Å². The van der Waals surface area contributed by atoms with Crippen molar-refractivity contribution in [2.75, 3.05) is 4.90 Å². The molecule has 1 atom stereocenters. The van der Waals surface area contributed by atoms with Crippen LogP contribution in [0, 0.1) is 5.41 Å². The lowest BCUT2D eigenvalue weighted by Gasteiger charge is -2.43. The van der Waals surface area contributed by atoms with Crippen molar-refractivity contribution < 1.29 is 0 Å². The first-order valence-electron chi connectivity index (χ1n) is 7.29. The Morgan fingerprint density at radius 1 is 1.29 bits per heavy atom. The molecule has 0 saturated carbocycles. The highest BCUT2D eigenvalue weighted by Gasteiger charge is 2.51. The Morgan fingerprint density at radius 3 is 2.86 bits per heavy atom. The first kappa shape index (κ1) is 12.9. The van der Waals surface area contributed by atoms with Gasteiger partial charge in [0.05, 0.1) is 11.9 Å². The molecule has 3 heterocycles. The zero-order chi connectivity index (χ0) is 14.8. The first-order chi connectivity index (χ1) is 9.95. The van der Waals surface area contributed by atoms with Crippen molar-refractivity contribution in [1.29, 1.82) is 0 Å². The third-order valence-corrected chi connectivity index (χ3v) is 4.65. The Morgan fingerprint density at radius 2 is 2.10 bits per heavy atom. The number of fused-ring (bicyclic) bond motifs is 3. The fraction of sp³-hybridized carbons (Fsp3) is 0.353. The van der Waals surface area contributed by atoms with Gasteiger partial charge in [-0.2, -0.15) is 0 Å². The van der Waals surface area contributed by atoms with Crippen LogP contribution in [0.1, 0.15) is 27.2 Å². The van der Waals surface area contributed by atoms with Crippen molar-refractivity contribution in [3.63, 3.8) is 0 Å². The van der Waals surface area contributed by atoms with Gasteiger partial charge >= 0.3 is 0 Å². The molecular weight excluding hydrogens is 278 g/mol. The molecule has 4 heteroatoms. The second-order valence-electron chi connectivity index (χ2n) is 6.78. The molecule has 0 amide bonds. The van der Waals surface area contributed by atoms with Crippen LogP contribution in [-0.2, 0) is 0 Å². The van der Waals surface area contributed by atoms with Gasteiger partial charge in [-0.05, 0) is 18.6 Å². The number of rotatable bonds is 0. The summed E-state index contributed by atoms with van der Waals surface area (Å²) in [5.74, 6) is 0.934. The average molecular weight is 296 g/mol. The number of nitrogens with zero attached hydrogens (tertiary/aromatic N) is 3. The molecule has 107 valence electrons. The molecule has 0 N–H and O–H groups in total. The van der Waals surface area contributed by atoms with E-state index in [9.17, 15) is 0 Å². The van der Waals surface area contributed by atoms with Gasteiger partial charge in [0.15, 0.2) is 0 Å². The van der Waals surface area contributed by atoms with Crippen molar-refractivity contribution in [2.24, 2.45) is 5.41 Å². The van der Waals surface area contributed by atoms with Gasteiger partial charge in [0, 0.05) is 11.1 Å². The van der Waals surface area contributed by atoms with E-state index in [-0.39, 0.29) is 11.0 Å². The molecule has 1 spiro atoms. The Kier molecular flexibility index (Phi) is 2.39. The van der Waals surface area contributed by atoms with Crippen molar-refractivity contribution in [2.45, 2.75) is 37.8 Å². The molecule has 0 fully saturated rings. The molecule has 2 aliphatic heterocycles. The lowest BCUT2D eigenvalue weighted by molar-refractivity contribution is 0.469. The van der Waals surface area contributed by atoms with E-state index < -0.39 is 0 Å². The van der Waals surface area contributed by atoms with Gasteiger partial charge in [-0.3, -0.25) is 9.47 Å². The number of hydrogen-bond acceptors (Lipinski definition) is 2. The van der Waals surface area contributed by atoms with Crippen LogP contribution in [0.5, 0.6) is 0 Å². The number of allylic oxidation sites excluding steroid dienone is 5. The maximum atomic E-state index is 5.50. The Bertz CT molecular complexity index is 743. The molecule has 1 aromatic heterocycles. The molecule has 1 aliphatic carbocycles. The van der Waals surface area contributed by atoms with Crippen LogP contribution in [0.2, 0.25) is 0 Å². The van der Waals surface area contributed by atoms with E-state index in [4.69, 9.17) is 12.6 Å². The van der Waals surface area contributed by atoms with Crippen molar-refractivity contribution in [1.82, 2.24) is 9.55 Å². The SMILES string of the molecule is CC(C)(C)C1=CC=CC23C=CCC=C2n2c([S])cnc2N13. The minimum atomic E-state index is -0.257. The van der Waals surface area contributed by atoms with Gasteiger partial charge in [-0.1, -0.05) is 57.7 Å².